The van der Waals surface area contributed by atoms with Gasteiger partial charge in [0, 0.05) is 22.9 Å². The summed E-state index contributed by atoms with van der Waals surface area (Å²) in [6, 6.07) is 15.1. The minimum absolute atomic E-state index is 0.00911. The third-order valence-corrected chi connectivity index (χ3v) is 4.59. The molecule has 0 saturated heterocycles. The van der Waals surface area contributed by atoms with E-state index in [2.05, 4.69) is 5.10 Å². The predicted molar refractivity (Wildman–Crippen MR) is 104 cm³/mol. The molecule has 3 nitrogen and oxygen atoms in total. The maximum Gasteiger partial charge on any atom is 0.242 e. The monoisotopic (exact) mass is 372 g/mol. The summed E-state index contributed by atoms with van der Waals surface area (Å²) in [5.74, 6) is 0.00911. The Balaban J connectivity index is 1.82. The van der Waals surface area contributed by atoms with Crippen molar-refractivity contribution in [1.82, 2.24) is 5.01 Å². The van der Waals surface area contributed by atoms with E-state index in [1.165, 1.54) is 0 Å². The van der Waals surface area contributed by atoms with Crippen molar-refractivity contribution < 1.29 is 4.79 Å². The van der Waals surface area contributed by atoms with Crippen LogP contribution in [-0.2, 0) is 4.79 Å². The molecular weight excluding hydrogens is 355 g/mol. The molecular formula is C20H18Cl2N2O. The average Bonchev–Trinajstić information content (AvgIpc) is 3.05. The molecule has 1 aliphatic rings. The van der Waals surface area contributed by atoms with E-state index >= 15 is 0 Å². The van der Waals surface area contributed by atoms with Crippen LogP contribution in [0.5, 0.6) is 0 Å². The Morgan fingerprint density at radius 3 is 2.28 bits per heavy atom. The van der Waals surface area contributed by atoms with Crippen molar-refractivity contribution >= 4 is 40.9 Å². The maximum atomic E-state index is 12.3. The van der Waals surface area contributed by atoms with Gasteiger partial charge in [-0.25, -0.2) is 5.01 Å². The van der Waals surface area contributed by atoms with Crippen molar-refractivity contribution in [2.24, 2.45) is 5.10 Å². The molecule has 1 heterocycles. The Bertz CT molecular complexity index is 811. The van der Waals surface area contributed by atoms with E-state index in [0.29, 0.717) is 22.9 Å². The zero-order valence-electron chi connectivity index (χ0n) is 13.8. The number of halogens is 2. The lowest BCUT2D eigenvalue weighted by atomic mass is 10.0. The average molecular weight is 373 g/mol. The highest BCUT2D eigenvalue weighted by Gasteiger charge is 2.30. The fraction of sp³-hybridized carbons (Fsp3) is 0.200. The Labute approximate surface area is 157 Å². The first kappa shape index (κ1) is 17.7. The van der Waals surface area contributed by atoms with Gasteiger partial charge in [-0.05, 0) is 41.5 Å². The van der Waals surface area contributed by atoms with Crippen molar-refractivity contribution in [3.05, 3.63) is 75.8 Å². The number of hydrazone groups is 1. The fourth-order valence-corrected chi connectivity index (χ4v) is 2.99. The van der Waals surface area contributed by atoms with E-state index in [9.17, 15) is 4.79 Å². The van der Waals surface area contributed by atoms with Crippen molar-refractivity contribution in [2.45, 2.75) is 25.8 Å². The molecule has 128 valence electrons. The molecule has 1 unspecified atom stereocenters. The molecule has 0 radical (unpaired) electrons. The molecule has 0 aliphatic carbocycles. The molecule has 1 amide bonds. The number of carbonyl (C=O) groups is 1. The third-order valence-electron chi connectivity index (χ3n) is 4.08. The van der Waals surface area contributed by atoms with Crippen LogP contribution < -0.4 is 0 Å². The van der Waals surface area contributed by atoms with E-state index in [1.54, 1.807) is 5.01 Å². The van der Waals surface area contributed by atoms with Gasteiger partial charge in [-0.3, -0.25) is 4.79 Å². The first-order chi connectivity index (χ1) is 12.1. The van der Waals surface area contributed by atoms with Gasteiger partial charge in [0.2, 0.25) is 5.91 Å². The third kappa shape index (κ3) is 4.30. The van der Waals surface area contributed by atoms with Crippen molar-refractivity contribution in [1.29, 1.82) is 0 Å². The number of hydrogen-bond acceptors (Lipinski definition) is 2. The first-order valence-electron chi connectivity index (χ1n) is 8.15. The smallest absolute Gasteiger partial charge is 0.242 e. The summed E-state index contributed by atoms with van der Waals surface area (Å²) in [6.45, 7) is 1.85. The van der Waals surface area contributed by atoms with Crippen molar-refractivity contribution in [2.75, 3.05) is 0 Å². The molecule has 0 bridgehead atoms. The summed E-state index contributed by atoms with van der Waals surface area (Å²) < 4.78 is 0. The lowest BCUT2D eigenvalue weighted by Crippen LogP contribution is -2.26. The Hall–Kier alpha value is -2.10. The highest BCUT2D eigenvalue weighted by atomic mass is 35.5. The van der Waals surface area contributed by atoms with Crippen LogP contribution >= 0.6 is 23.2 Å². The number of allylic oxidation sites excluding steroid dienone is 1. The lowest BCUT2D eigenvalue weighted by molar-refractivity contribution is -0.132. The van der Waals surface area contributed by atoms with Gasteiger partial charge in [0.15, 0.2) is 0 Å². The van der Waals surface area contributed by atoms with E-state index in [1.807, 2.05) is 67.6 Å². The zero-order chi connectivity index (χ0) is 17.8. The van der Waals surface area contributed by atoms with Crippen LogP contribution in [0.15, 0.2) is 59.7 Å². The van der Waals surface area contributed by atoms with Crippen LogP contribution in [0.1, 0.15) is 36.9 Å². The summed E-state index contributed by atoms with van der Waals surface area (Å²) in [6.07, 6.45) is 5.03. The second kappa shape index (κ2) is 7.85. The molecule has 0 spiro atoms. The molecule has 5 heteroatoms. The molecule has 0 aromatic heterocycles. The van der Waals surface area contributed by atoms with Gasteiger partial charge in [0.05, 0.1) is 11.8 Å². The summed E-state index contributed by atoms with van der Waals surface area (Å²) >= 11 is 11.9. The normalized spacial score (nSPS) is 17.2. The standard InChI is InChI=1S/C20H18Cl2N2O/c1-2-20(25)24-19(15-6-10-17(22)11-7-15)13-18(23-24)12-5-14-3-8-16(21)9-4-14/h3-12,19H,2,13H2,1H3/b12-5+. The number of carbonyl (C=O) groups excluding carboxylic acids is 1. The Kier molecular flexibility index (Phi) is 5.57. The number of hydrogen-bond donors (Lipinski definition) is 0. The Morgan fingerprint density at radius 2 is 1.68 bits per heavy atom. The molecule has 3 rings (SSSR count). The van der Waals surface area contributed by atoms with Crippen LogP contribution in [0, 0.1) is 0 Å². The lowest BCUT2D eigenvalue weighted by Gasteiger charge is -2.21. The summed E-state index contributed by atoms with van der Waals surface area (Å²) in [7, 11) is 0. The fourth-order valence-electron chi connectivity index (χ4n) is 2.74. The second-order valence-electron chi connectivity index (χ2n) is 5.84. The maximum absolute atomic E-state index is 12.3. The van der Waals surface area contributed by atoms with Gasteiger partial charge >= 0.3 is 0 Å². The number of nitrogens with zero attached hydrogens (tertiary/aromatic N) is 2. The van der Waals surface area contributed by atoms with Gasteiger partial charge in [-0.1, -0.05) is 60.5 Å². The van der Waals surface area contributed by atoms with Crippen LogP contribution in [-0.4, -0.2) is 16.6 Å². The molecule has 25 heavy (non-hydrogen) atoms. The van der Waals surface area contributed by atoms with Crippen molar-refractivity contribution in [3.8, 4) is 0 Å². The SMILES string of the molecule is CCC(=O)N1N=C(/C=C/c2ccc(Cl)cc2)CC1c1ccc(Cl)cc1. The van der Waals surface area contributed by atoms with Gasteiger partial charge in [-0.15, -0.1) is 0 Å². The molecule has 2 aromatic carbocycles. The number of rotatable bonds is 4. The quantitative estimate of drug-likeness (QED) is 0.672. The van der Waals surface area contributed by atoms with Gasteiger partial charge in [0.1, 0.15) is 0 Å². The predicted octanol–water partition coefficient (Wildman–Crippen LogP) is 5.75. The van der Waals surface area contributed by atoms with E-state index in [4.69, 9.17) is 23.2 Å². The molecule has 1 aliphatic heterocycles. The number of benzene rings is 2. The van der Waals surface area contributed by atoms with Crippen LogP contribution in [0.25, 0.3) is 6.08 Å². The summed E-state index contributed by atoms with van der Waals surface area (Å²) in [5.41, 5.74) is 2.94. The topological polar surface area (TPSA) is 32.7 Å². The molecule has 0 saturated carbocycles. The second-order valence-corrected chi connectivity index (χ2v) is 6.71. The number of amides is 1. The van der Waals surface area contributed by atoms with Crippen LogP contribution in [0.2, 0.25) is 10.0 Å². The molecule has 0 N–H and O–H groups in total. The molecule has 1 atom stereocenters. The largest absolute Gasteiger partial charge is 0.273 e. The molecule has 0 fully saturated rings. The van der Waals surface area contributed by atoms with E-state index in [-0.39, 0.29) is 11.9 Å². The van der Waals surface area contributed by atoms with E-state index < -0.39 is 0 Å². The summed E-state index contributed by atoms with van der Waals surface area (Å²) in [5, 5.41) is 7.50. The zero-order valence-corrected chi connectivity index (χ0v) is 15.3. The highest BCUT2D eigenvalue weighted by Crippen LogP contribution is 2.32. The minimum atomic E-state index is -0.0883. The Morgan fingerprint density at radius 1 is 1.08 bits per heavy atom. The highest BCUT2D eigenvalue weighted by molar-refractivity contribution is 6.30. The van der Waals surface area contributed by atoms with Gasteiger partial charge in [0.25, 0.3) is 0 Å². The first-order valence-corrected chi connectivity index (χ1v) is 8.91. The van der Waals surface area contributed by atoms with Gasteiger partial charge in [-0.2, -0.15) is 5.10 Å². The summed E-state index contributed by atoms with van der Waals surface area (Å²) in [4.78, 5) is 12.3. The van der Waals surface area contributed by atoms with Crippen LogP contribution in [0.4, 0.5) is 0 Å². The molecule has 2 aromatic rings. The van der Waals surface area contributed by atoms with E-state index in [0.717, 1.165) is 16.8 Å². The van der Waals surface area contributed by atoms with Crippen LogP contribution in [0.3, 0.4) is 0 Å². The van der Waals surface area contributed by atoms with Crippen molar-refractivity contribution in [3.63, 3.8) is 0 Å². The minimum Gasteiger partial charge on any atom is -0.273 e. The van der Waals surface area contributed by atoms with Gasteiger partial charge < -0.3 is 0 Å².